The molecule has 0 bridgehead atoms. The molecule has 0 spiro atoms. The molecular weight excluding hydrogens is 374 g/mol. The molecule has 3 fully saturated rings. The predicted octanol–water partition coefficient (Wildman–Crippen LogP) is 4.39. The Balaban J connectivity index is 1.61. The number of rotatable bonds is 1. The number of fused-ring (bicyclic) bond motifs is 5. The Hall–Kier alpha value is -2.07. The number of phenols is 1. The number of hydrogen-bond donors (Lipinski definition) is 2. The van der Waals surface area contributed by atoms with Crippen LogP contribution < -0.4 is 0 Å². The molecule has 7 atom stereocenters. The number of carbonyl (C=O) groups is 1. The van der Waals surface area contributed by atoms with Gasteiger partial charge in [0, 0.05) is 12.5 Å². The number of amides is 1. The molecule has 4 heteroatoms. The average molecular weight is 408 g/mol. The van der Waals surface area contributed by atoms with Gasteiger partial charge >= 0.3 is 0 Å². The van der Waals surface area contributed by atoms with E-state index in [9.17, 15) is 15.0 Å². The second-order valence-corrected chi connectivity index (χ2v) is 10.6. The Bertz CT molecular complexity index is 919. The summed E-state index contributed by atoms with van der Waals surface area (Å²) in [6.07, 6.45) is 11.2. The van der Waals surface area contributed by atoms with Gasteiger partial charge in [0.15, 0.2) is 0 Å². The number of aromatic hydroxyl groups is 1. The molecule has 3 saturated carbocycles. The van der Waals surface area contributed by atoms with E-state index in [1.807, 2.05) is 24.1 Å². The fourth-order valence-corrected chi connectivity index (χ4v) is 7.60. The smallest absolute Gasteiger partial charge is 0.246 e. The van der Waals surface area contributed by atoms with E-state index in [4.69, 9.17) is 0 Å². The fraction of sp³-hybridized carbons (Fsp3) is 0.577. The van der Waals surface area contributed by atoms with Crippen LogP contribution in [0, 0.1) is 28.6 Å². The minimum absolute atomic E-state index is 0.0219. The summed E-state index contributed by atoms with van der Waals surface area (Å²) < 4.78 is 0. The maximum atomic E-state index is 12.6. The fourth-order valence-electron chi connectivity index (χ4n) is 7.60. The largest absolute Gasteiger partial charge is 0.508 e. The van der Waals surface area contributed by atoms with Gasteiger partial charge in [-0.1, -0.05) is 38.1 Å². The lowest BCUT2D eigenvalue weighted by Gasteiger charge is -2.60. The quantitative estimate of drug-likeness (QED) is 0.726. The third kappa shape index (κ3) is 2.72. The summed E-state index contributed by atoms with van der Waals surface area (Å²) in [6.45, 7) is 4.64. The maximum Gasteiger partial charge on any atom is 0.246 e. The molecule has 0 unspecified atom stereocenters. The van der Waals surface area contributed by atoms with E-state index in [-0.39, 0.29) is 34.6 Å². The Morgan fingerprint density at radius 3 is 2.57 bits per heavy atom. The van der Waals surface area contributed by atoms with Crippen molar-refractivity contribution in [3.8, 4) is 5.75 Å². The van der Waals surface area contributed by atoms with Gasteiger partial charge in [0.25, 0.3) is 0 Å². The number of nitrogens with zero attached hydrogens (tertiary/aromatic N) is 1. The zero-order valence-corrected chi connectivity index (χ0v) is 18.2. The van der Waals surface area contributed by atoms with E-state index in [0.29, 0.717) is 17.8 Å². The predicted molar refractivity (Wildman–Crippen MR) is 118 cm³/mol. The molecule has 1 amide bonds. The number of aliphatic hydroxyl groups is 1. The van der Waals surface area contributed by atoms with Crippen molar-refractivity contribution < 1.29 is 15.0 Å². The summed E-state index contributed by atoms with van der Waals surface area (Å²) in [6, 6.07) is 7.38. The van der Waals surface area contributed by atoms with Crippen LogP contribution in [-0.2, 0) is 4.79 Å². The molecular formula is C26H33NO3. The third-order valence-corrected chi connectivity index (χ3v) is 9.16. The molecule has 1 heterocycles. The number of likely N-dealkylation sites (N-methyl/N-ethyl adjacent to an activating group) is 1. The molecule has 160 valence electrons. The molecule has 2 N–H and O–H groups in total. The number of hydrogen-bond acceptors (Lipinski definition) is 3. The van der Waals surface area contributed by atoms with Crippen molar-refractivity contribution in [2.45, 2.75) is 58.1 Å². The van der Waals surface area contributed by atoms with Crippen molar-refractivity contribution in [3.05, 3.63) is 47.6 Å². The van der Waals surface area contributed by atoms with Gasteiger partial charge in [0.2, 0.25) is 5.91 Å². The Labute approximate surface area is 179 Å². The lowest BCUT2D eigenvalue weighted by atomic mass is 9.47. The monoisotopic (exact) mass is 407 g/mol. The minimum Gasteiger partial charge on any atom is -0.508 e. The van der Waals surface area contributed by atoms with Crippen LogP contribution in [0.2, 0.25) is 0 Å². The van der Waals surface area contributed by atoms with Gasteiger partial charge in [0.1, 0.15) is 5.75 Å². The highest BCUT2D eigenvalue weighted by atomic mass is 16.3. The summed E-state index contributed by atoms with van der Waals surface area (Å²) >= 11 is 0. The van der Waals surface area contributed by atoms with E-state index >= 15 is 0 Å². The molecule has 3 aliphatic carbocycles. The van der Waals surface area contributed by atoms with Crippen LogP contribution in [0.15, 0.2) is 42.0 Å². The van der Waals surface area contributed by atoms with Gasteiger partial charge in [-0.15, -0.1) is 0 Å². The SMILES string of the molecule is CN1C(=O)C=C[C@]2(C)[C@H]3CC[C@]4(C)[C@@H](O)CC[C@H]4[C@@H]3CC(=Cc3ccc(O)cc3)[C@@H]12. The molecule has 5 rings (SSSR count). The molecule has 0 aromatic heterocycles. The van der Waals surface area contributed by atoms with Crippen LogP contribution in [-0.4, -0.2) is 40.2 Å². The van der Waals surface area contributed by atoms with Crippen LogP contribution in [0.1, 0.15) is 51.5 Å². The number of benzene rings is 1. The molecule has 1 aliphatic heterocycles. The highest BCUT2D eigenvalue weighted by molar-refractivity contribution is 5.89. The first-order valence-electron chi connectivity index (χ1n) is 11.4. The summed E-state index contributed by atoms with van der Waals surface area (Å²) in [5.74, 6) is 1.92. The molecule has 1 aromatic carbocycles. The van der Waals surface area contributed by atoms with E-state index in [1.165, 1.54) is 5.57 Å². The van der Waals surface area contributed by atoms with E-state index < -0.39 is 0 Å². The summed E-state index contributed by atoms with van der Waals surface area (Å²) in [4.78, 5) is 14.5. The normalized spacial score (nSPS) is 44.0. The number of carbonyl (C=O) groups excluding carboxylic acids is 1. The van der Waals surface area contributed by atoms with Crippen molar-refractivity contribution in [3.63, 3.8) is 0 Å². The zero-order valence-electron chi connectivity index (χ0n) is 18.2. The third-order valence-electron chi connectivity index (χ3n) is 9.16. The molecule has 4 aliphatic rings. The van der Waals surface area contributed by atoms with Gasteiger partial charge in [-0.05, 0) is 84.6 Å². The van der Waals surface area contributed by atoms with Crippen LogP contribution in [0.3, 0.4) is 0 Å². The van der Waals surface area contributed by atoms with Crippen molar-refractivity contribution in [1.29, 1.82) is 0 Å². The summed E-state index contributed by atoms with van der Waals surface area (Å²) in [7, 11) is 1.94. The van der Waals surface area contributed by atoms with Crippen molar-refractivity contribution in [1.82, 2.24) is 4.90 Å². The number of phenolic OH excluding ortho intramolecular Hbond substituents is 1. The van der Waals surface area contributed by atoms with Gasteiger partial charge in [-0.25, -0.2) is 0 Å². The van der Waals surface area contributed by atoms with Crippen LogP contribution in [0.5, 0.6) is 5.75 Å². The first-order chi connectivity index (χ1) is 14.2. The molecule has 0 radical (unpaired) electrons. The van der Waals surface area contributed by atoms with Gasteiger partial charge < -0.3 is 15.1 Å². The topological polar surface area (TPSA) is 60.8 Å². The molecule has 1 aromatic rings. The van der Waals surface area contributed by atoms with Crippen molar-refractivity contribution >= 4 is 12.0 Å². The second-order valence-electron chi connectivity index (χ2n) is 10.6. The minimum atomic E-state index is -0.190. The average Bonchev–Trinajstić information content (AvgIpc) is 3.02. The van der Waals surface area contributed by atoms with Crippen LogP contribution in [0.25, 0.3) is 6.08 Å². The lowest BCUT2D eigenvalue weighted by Crippen LogP contribution is -2.60. The van der Waals surface area contributed by atoms with Gasteiger partial charge in [0.05, 0.1) is 12.1 Å². The van der Waals surface area contributed by atoms with Crippen molar-refractivity contribution in [2.24, 2.45) is 28.6 Å². The molecule has 4 nitrogen and oxygen atoms in total. The summed E-state index contributed by atoms with van der Waals surface area (Å²) in [5, 5.41) is 20.4. The first kappa shape index (κ1) is 19.9. The summed E-state index contributed by atoms with van der Waals surface area (Å²) in [5.41, 5.74) is 2.29. The van der Waals surface area contributed by atoms with Crippen molar-refractivity contribution in [2.75, 3.05) is 7.05 Å². The molecule has 30 heavy (non-hydrogen) atoms. The lowest BCUT2D eigenvalue weighted by molar-refractivity contribution is -0.135. The Morgan fingerprint density at radius 1 is 1.10 bits per heavy atom. The van der Waals surface area contributed by atoms with Gasteiger partial charge in [-0.3, -0.25) is 4.79 Å². The standard InChI is InChI=1S/C26H33NO3/c1-25-12-10-21-19(20(25)8-9-22(25)29)15-17(14-16-4-6-18(28)7-5-16)24-26(21,2)13-11-23(30)27(24)3/h4-7,11,13-14,19-22,24,28-29H,8-10,12,15H2,1-3H3/t19-,20-,21-,22-,24+,25-,26+/m0/s1. The maximum absolute atomic E-state index is 12.6. The van der Waals surface area contributed by atoms with Crippen LogP contribution >= 0.6 is 0 Å². The van der Waals surface area contributed by atoms with Gasteiger partial charge in [-0.2, -0.15) is 0 Å². The van der Waals surface area contributed by atoms with E-state index in [1.54, 1.807) is 18.2 Å². The van der Waals surface area contributed by atoms with E-state index in [0.717, 1.165) is 37.7 Å². The molecule has 0 saturated heterocycles. The zero-order chi connectivity index (χ0) is 21.3. The second kappa shape index (κ2) is 6.71. The Morgan fingerprint density at radius 2 is 1.83 bits per heavy atom. The Kier molecular flexibility index (Phi) is 4.45. The highest BCUT2D eigenvalue weighted by Gasteiger charge is 2.61. The van der Waals surface area contributed by atoms with Crippen LogP contribution in [0.4, 0.5) is 0 Å². The van der Waals surface area contributed by atoms with E-state index in [2.05, 4.69) is 26.0 Å². The highest BCUT2D eigenvalue weighted by Crippen LogP contribution is 2.64. The number of aliphatic hydroxyl groups excluding tert-OH is 1. The first-order valence-corrected chi connectivity index (χ1v) is 11.4.